The highest BCUT2D eigenvalue weighted by atomic mass is 32.1. The van der Waals surface area contributed by atoms with E-state index in [-0.39, 0.29) is 11.9 Å². The zero-order valence-corrected chi connectivity index (χ0v) is 14.5. The number of ether oxygens (including phenoxy) is 1. The van der Waals surface area contributed by atoms with Crippen molar-refractivity contribution in [1.29, 1.82) is 0 Å². The van der Waals surface area contributed by atoms with Gasteiger partial charge < -0.3 is 10.1 Å². The summed E-state index contributed by atoms with van der Waals surface area (Å²) in [5.41, 5.74) is 2.85. The molecule has 2 aromatic carbocycles. The lowest BCUT2D eigenvalue weighted by Crippen LogP contribution is -2.28. The minimum absolute atomic E-state index is 0.118. The van der Waals surface area contributed by atoms with Crippen LogP contribution in [0.1, 0.15) is 32.4 Å². The zero-order chi connectivity index (χ0) is 16.9. The van der Waals surface area contributed by atoms with Gasteiger partial charge in [0.1, 0.15) is 5.75 Å². The minimum atomic E-state index is -0.163. The Kier molecular flexibility index (Phi) is 4.96. The number of hydrogen-bond donors (Lipinski definition) is 1. The summed E-state index contributed by atoms with van der Waals surface area (Å²) in [4.78, 5) is 13.8. The molecule has 1 amide bonds. The molecule has 0 bridgehead atoms. The maximum Gasteiger partial charge on any atom is 0.252 e. The van der Waals surface area contributed by atoms with E-state index in [1.807, 2.05) is 29.6 Å². The molecule has 3 aromatic rings. The second kappa shape index (κ2) is 7.32. The summed E-state index contributed by atoms with van der Waals surface area (Å²) < 4.78 is 5.20. The summed E-state index contributed by atoms with van der Waals surface area (Å²) in [5.74, 6) is 0.554. The number of aryl methyl sites for hydroxylation is 1. The topological polar surface area (TPSA) is 38.3 Å². The molecule has 0 aliphatic carbocycles. The third kappa shape index (κ3) is 3.66. The Bertz CT molecular complexity index is 810. The van der Waals surface area contributed by atoms with Crippen molar-refractivity contribution in [1.82, 2.24) is 5.32 Å². The minimum Gasteiger partial charge on any atom is -0.497 e. The summed E-state index contributed by atoms with van der Waals surface area (Å²) in [6, 6.07) is 19.3. The van der Waals surface area contributed by atoms with E-state index in [1.165, 1.54) is 5.56 Å². The first-order chi connectivity index (χ1) is 11.7. The second-order valence-electron chi connectivity index (χ2n) is 5.56. The zero-order valence-electron chi connectivity index (χ0n) is 13.7. The molecule has 1 N–H and O–H groups in total. The first kappa shape index (κ1) is 16.3. The number of benzene rings is 2. The van der Waals surface area contributed by atoms with E-state index in [9.17, 15) is 4.79 Å². The number of carbonyl (C=O) groups excluding carboxylic acids is 1. The van der Waals surface area contributed by atoms with Crippen LogP contribution in [0.2, 0.25) is 0 Å². The van der Waals surface area contributed by atoms with Gasteiger partial charge >= 0.3 is 0 Å². The molecule has 1 heterocycles. The van der Waals surface area contributed by atoms with Gasteiger partial charge in [-0.1, -0.05) is 42.0 Å². The number of carbonyl (C=O) groups is 1. The molecule has 3 nitrogen and oxygen atoms in total. The molecule has 24 heavy (non-hydrogen) atoms. The first-order valence-corrected chi connectivity index (χ1v) is 8.60. The molecule has 0 aliphatic rings. The van der Waals surface area contributed by atoms with Gasteiger partial charge in [-0.2, -0.15) is 0 Å². The lowest BCUT2D eigenvalue weighted by atomic mass is 10.0. The number of hydrogen-bond acceptors (Lipinski definition) is 3. The largest absolute Gasteiger partial charge is 0.497 e. The maximum atomic E-state index is 12.7. The van der Waals surface area contributed by atoms with Gasteiger partial charge in [-0.25, -0.2) is 0 Å². The van der Waals surface area contributed by atoms with Crippen molar-refractivity contribution in [2.45, 2.75) is 13.0 Å². The van der Waals surface area contributed by atoms with Crippen LogP contribution in [0.4, 0.5) is 0 Å². The van der Waals surface area contributed by atoms with Gasteiger partial charge in [-0.15, -0.1) is 11.3 Å². The number of methoxy groups -OCH3 is 1. The number of thiophene rings is 1. The summed E-state index contributed by atoms with van der Waals surface area (Å²) in [5, 5.41) is 5.16. The molecular weight excluding hydrogens is 318 g/mol. The molecule has 0 spiro atoms. The van der Waals surface area contributed by atoms with Gasteiger partial charge in [0.05, 0.1) is 13.2 Å². The average molecular weight is 337 g/mol. The van der Waals surface area contributed by atoms with Crippen LogP contribution in [0.5, 0.6) is 5.75 Å². The highest BCUT2D eigenvalue weighted by molar-refractivity contribution is 7.10. The maximum absolute atomic E-state index is 12.7. The molecule has 0 aliphatic heterocycles. The van der Waals surface area contributed by atoms with Crippen LogP contribution >= 0.6 is 11.3 Å². The SMILES string of the molecule is COc1cccc(C(=O)N[C@@H](c2ccc(C)cc2)c2cccs2)c1. The van der Waals surface area contributed by atoms with Crippen molar-refractivity contribution < 1.29 is 9.53 Å². The van der Waals surface area contributed by atoms with E-state index in [4.69, 9.17) is 4.74 Å². The molecule has 122 valence electrons. The van der Waals surface area contributed by atoms with Gasteiger partial charge in [-0.3, -0.25) is 4.79 Å². The molecule has 0 saturated carbocycles. The molecule has 0 radical (unpaired) electrons. The van der Waals surface area contributed by atoms with E-state index in [0.717, 1.165) is 10.4 Å². The Morgan fingerprint density at radius 3 is 2.54 bits per heavy atom. The van der Waals surface area contributed by atoms with Crippen LogP contribution < -0.4 is 10.1 Å². The number of rotatable bonds is 5. The van der Waals surface area contributed by atoms with Crippen molar-refractivity contribution in [2.75, 3.05) is 7.11 Å². The highest BCUT2D eigenvalue weighted by Crippen LogP contribution is 2.27. The Hall–Kier alpha value is -2.59. The van der Waals surface area contributed by atoms with Crippen molar-refractivity contribution >= 4 is 17.2 Å². The Balaban J connectivity index is 1.89. The molecule has 1 atom stereocenters. The lowest BCUT2D eigenvalue weighted by Gasteiger charge is -2.18. The molecular formula is C20H19NO2S. The summed E-state index contributed by atoms with van der Waals surface area (Å²) in [7, 11) is 1.60. The smallest absolute Gasteiger partial charge is 0.252 e. The standard InChI is InChI=1S/C20H19NO2S/c1-14-8-10-15(11-9-14)19(18-7-4-12-24-18)21-20(22)16-5-3-6-17(13-16)23-2/h3-13,19H,1-2H3,(H,21,22)/t19-/m0/s1. The van der Waals surface area contributed by atoms with E-state index in [2.05, 4.69) is 36.5 Å². The van der Waals surface area contributed by atoms with E-state index in [0.29, 0.717) is 11.3 Å². The summed E-state index contributed by atoms with van der Waals surface area (Å²) >= 11 is 1.64. The Morgan fingerprint density at radius 2 is 1.88 bits per heavy atom. The van der Waals surface area contributed by atoms with Crippen molar-refractivity contribution in [2.24, 2.45) is 0 Å². The normalized spacial score (nSPS) is 11.8. The van der Waals surface area contributed by atoms with Crippen molar-refractivity contribution in [3.63, 3.8) is 0 Å². The van der Waals surface area contributed by atoms with Crippen LogP contribution in [-0.2, 0) is 0 Å². The van der Waals surface area contributed by atoms with E-state index in [1.54, 1.807) is 30.6 Å². The fourth-order valence-electron chi connectivity index (χ4n) is 2.51. The quantitative estimate of drug-likeness (QED) is 0.740. The second-order valence-corrected chi connectivity index (χ2v) is 6.54. The van der Waals surface area contributed by atoms with Crippen LogP contribution in [0, 0.1) is 6.92 Å². The molecule has 0 fully saturated rings. The van der Waals surface area contributed by atoms with Crippen molar-refractivity contribution in [3.05, 3.63) is 87.6 Å². The van der Waals surface area contributed by atoms with Gasteiger partial charge in [-0.05, 0) is 42.1 Å². The van der Waals surface area contributed by atoms with Gasteiger partial charge in [0.2, 0.25) is 0 Å². The summed E-state index contributed by atoms with van der Waals surface area (Å²) in [6.07, 6.45) is 0. The third-order valence-corrected chi connectivity index (χ3v) is 4.78. The van der Waals surface area contributed by atoms with E-state index < -0.39 is 0 Å². The highest BCUT2D eigenvalue weighted by Gasteiger charge is 2.19. The Morgan fingerprint density at radius 1 is 1.08 bits per heavy atom. The van der Waals surface area contributed by atoms with Gasteiger partial charge in [0.15, 0.2) is 0 Å². The third-order valence-electron chi connectivity index (χ3n) is 3.85. The monoisotopic (exact) mass is 337 g/mol. The fourth-order valence-corrected chi connectivity index (χ4v) is 3.31. The molecule has 0 saturated heterocycles. The van der Waals surface area contributed by atoms with E-state index >= 15 is 0 Å². The predicted molar refractivity (Wildman–Crippen MR) is 97.8 cm³/mol. The van der Waals surface area contributed by atoms with Crippen LogP contribution in [0.25, 0.3) is 0 Å². The van der Waals surface area contributed by atoms with Gasteiger partial charge in [0, 0.05) is 10.4 Å². The molecule has 3 rings (SSSR count). The van der Waals surface area contributed by atoms with Crippen LogP contribution in [-0.4, -0.2) is 13.0 Å². The first-order valence-electron chi connectivity index (χ1n) is 7.72. The predicted octanol–water partition coefficient (Wildman–Crippen LogP) is 4.58. The molecule has 0 unspecified atom stereocenters. The van der Waals surface area contributed by atoms with Crippen LogP contribution in [0.15, 0.2) is 66.0 Å². The fraction of sp³-hybridized carbons (Fsp3) is 0.150. The number of nitrogens with one attached hydrogen (secondary N) is 1. The number of amides is 1. The average Bonchev–Trinajstić information content (AvgIpc) is 3.15. The summed E-state index contributed by atoms with van der Waals surface area (Å²) in [6.45, 7) is 2.05. The van der Waals surface area contributed by atoms with Crippen molar-refractivity contribution in [3.8, 4) is 5.75 Å². The van der Waals surface area contributed by atoms with Gasteiger partial charge in [0.25, 0.3) is 5.91 Å². The molecule has 4 heteroatoms. The lowest BCUT2D eigenvalue weighted by molar-refractivity contribution is 0.0943. The molecule has 1 aromatic heterocycles. The van der Waals surface area contributed by atoms with Crippen LogP contribution in [0.3, 0.4) is 0 Å². The Labute approximate surface area is 145 Å².